The summed E-state index contributed by atoms with van der Waals surface area (Å²) < 4.78 is 0. The highest BCUT2D eigenvalue weighted by Crippen LogP contribution is 2.13. The monoisotopic (exact) mass is 191 g/mol. The quantitative estimate of drug-likeness (QED) is 0.681. The molecule has 14 heavy (non-hydrogen) atoms. The summed E-state index contributed by atoms with van der Waals surface area (Å²) in [6.45, 7) is 4.50. The first-order valence-electron chi connectivity index (χ1n) is 4.76. The lowest BCUT2D eigenvalue weighted by Crippen LogP contribution is -2.22. The molecule has 0 aliphatic rings. The number of likely N-dealkylation sites (N-methyl/N-ethyl adjacent to an activating group) is 1. The highest BCUT2D eigenvalue weighted by atomic mass is 16.1. The number of hydrogen-bond acceptors (Lipinski definition) is 2. The fourth-order valence-corrected chi connectivity index (χ4v) is 1.43. The Kier molecular flexibility index (Phi) is 3.42. The zero-order valence-electron chi connectivity index (χ0n) is 9.29. The summed E-state index contributed by atoms with van der Waals surface area (Å²) in [6, 6.07) is 5.86. The molecule has 0 amide bonds. The fourth-order valence-electron chi connectivity index (χ4n) is 1.43. The van der Waals surface area contributed by atoms with Crippen LogP contribution in [0, 0.1) is 13.8 Å². The molecule has 1 aromatic carbocycles. The number of Topliss-reactive ketones (excluding diaryl/α,β-unsaturated/α-hetero) is 1. The number of rotatable bonds is 3. The maximum Gasteiger partial charge on any atom is 0.177 e. The molecule has 1 aromatic rings. The Balaban J connectivity index is 2.96. The van der Waals surface area contributed by atoms with Crippen LogP contribution >= 0.6 is 0 Å². The lowest BCUT2D eigenvalue weighted by Gasteiger charge is -2.11. The van der Waals surface area contributed by atoms with Gasteiger partial charge in [0.2, 0.25) is 0 Å². The molecule has 0 heterocycles. The number of benzene rings is 1. The minimum absolute atomic E-state index is 0.191. The van der Waals surface area contributed by atoms with Crippen molar-refractivity contribution in [1.29, 1.82) is 0 Å². The van der Waals surface area contributed by atoms with Crippen LogP contribution in [0.5, 0.6) is 0 Å². The topological polar surface area (TPSA) is 20.3 Å². The first kappa shape index (κ1) is 10.9. The molecule has 0 aliphatic heterocycles. The normalized spacial score (nSPS) is 10.6. The van der Waals surface area contributed by atoms with Crippen molar-refractivity contribution in [1.82, 2.24) is 4.90 Å². The highest BCUT2D eigenvalue weighted by Gasteiger charge is 2.10. The molecule has 0 saturated carbocycles. The zero-order valence-corrected chi connectivity index (χ0v) is 9.29. The minimum atomic E-state index is 0.191. The molecule has 0 aromatic heterocycles. The second-order valence-corrected chi connectivity index (χ2v) is 3.91. The van der Waals surface area contributed by atoms with Crippen molar-refractivity contribution >= 4 is 5.78 Å². The smallest absolute Gasteiger partial charge is 0.177 e. The van der Waals surface area contributed by atoms with Gasteiger partial charge in [0.25, 0.3) is 0 Å². The van der Waals surface area contributed by atoms with E-state index in [9.17, 15) is 4.79 Å². The van der Waals surface area contributed by atoms with Gasteiger partial charge in [0.1, 0.15) is 0 Å². The molecular formula is C12H17NO. The van der Waals surface area contributed by atoms with Crippen LogP contribution in [0.2, 0.25) is 0 Å². The van der Waals surface area contributed by atoms with Crippen molar-refractivity contribution in [2.75, 3.05) is 20.6 Å². The van der Waals surface area contributed by atoms with Crippen LogP contribution < -0.4 is 0 Å². The SMILES string of the molecule is Cc1cccc(C(=O)CN(C)C)c1C. The Morgan fingerprint density at radius 3 is 2.50 bits per heavy atom. The van der Waals surface area contributed by atoms with Crippen LogP contribution in [0.15, 0.2) is 18.2 Å². The van der Waals surface area contributed by atoms with Crippen molar-refractivity contribution in [3.8, 4) is 0 Å². The fraction of sp³-hybridized carbons (Fsp3) is 0.417. The third-order valence-electron chi connectivity index (χ3n) is 2.36. The number of hydrogen-bond donors (Lipinski definition) is 0. The predicted molar refractivity (Wildman–Crippen MR) is 58.8 cm³/mol. The van der Waals surface area contributed by atoms with Crippen LogP contribution in [0.1, 0.15) is 21.5 Å². The van der Waals surface area contributed by atoms with Crippen LogP contribution in [-0.4, -0.2) is 31.3 Å². The van der Waals surface area contributed by atoms with E-state index in [4.69, 9.17) is 0 Å². The molecule has 0 bridgehead atoms. The van der Waals surface area contributed by atoms with Crippen molar-refractivity contribution in [2.45, 2.75) is 13.8 Å². The Hall–Kier alpha value is -1.15. The van der Waals surface area contributed by atoms with E-state index in [1.54, 1.807) is 0 Å². The van der Waals surface area contributed by atoms with E-state index in [0.717, 1.165) is 11.1 Å². The molecule has 76 valence electrons. The predicted octanol–water partition coefficient (Wildman–Crippen LogP) is 2.05. The lowest BCUT2D eigenvalue weighted by molar-refractivity contribution is 0.0957. The Morgan fingerprint density at radius 2 is 1.93 bits per heavy atom. The second-order valence-electron chi connectivity index (χ2n) is 3.91. The van der Waals surface area contributed by atoms with E-state index >= 15 is 0 Å². The van der Waals surface area contributed by atoms with Crippen LogP contribution in [0.25, 0.3) is 0 Å². The van der Waals surface area contributed by atoms with Gasteiger partial charge in [-0.15, -0.1) is 0 Å². The van der Waals surface area contributed by atoms with E-state index in [0.29, 0.717) is 6.54 Å². The molecule has 0 aliphatic carbocycles. The van der Waals surface area contributed by atoms with Crippen molar-refractivity contribution < 1.29 is 4.79 Å². The van der Waals surface area contributed by atoms with Gasteiger partial charge >= 0.3 is 0 Å². The van der Waals surface area contributed by atoms with Crippen molar-refractivity contribution in [3.05, 3.63) is 34.9 Å². The number of nitrogens with zero attached hydrogens (tertiary/aromatic N) is 1. The molecule has 0 atom stereocenters. The Bertz CT molecular complexity index is 342. The Labute approximate surface area is 85.5 Å². The van der Waals surface area contributed by atoms with E-state index in [1.165, 1.54) is 5.56 Å². The summed E-state index contributed by atoms with van der Waals surface area (Å²) in [5, 5.41) is 0. The van der Waals surface area contributed by atoms with Crippen molar-refractivity contribution in [3.63, 3.8) is 0 Å². The van der Waals surface area contributed by atoms with Crippen LogP contribution in [0.4, 0.5) is 0 Å². The van der Waals surface area contributed by atoms with Crippen LogP contribution in [0.3, 0.4) is 0 Å². The van der Waals surface area contributed by atoms with Gasteiger partial charge in [-0.2, -0.15) is 0 Å². The van der Waals surface area contributed by atoms with Gasteiger partial charge in [-0.05, 0) is 39.1 Å². The number of ketones is 1. The summed E-state index contributed by atoms with van der Waals surface area (Å²) in [4.78, 5) is 13.7. The van der Waals surface area contributed by atoms with Gasteiger partial charge in [0, 0.05) is 5.56 Å². The number of carbonyl (C=O) groups is 1. The third-order valence-corrected chi connectivity index (χ3v) is 2.36. The molecule has 0 saturated heterocycles. The van der Waals surface area contributed by atoms with Gasteiger partial charge in [0.05, 0.1) is 6.54 Å². The first-order chi connectivity index (χ1) is 6.52. The molecule has 1 rings (SSSR count). The summed E-state index contributed by atoms with van der Waals surface area (Å²) in [5.41, 5.74) is 3.12. The third kappa shape index (κ3) is 2.42. The highest BCUT2D eigenvalue weighted by molar-refractivity contribution is 5.99. The molecule has 0 spiro atoms. The van der Waals surface area contributed by atoms with Gasteiger partial charge in [0.15, 0.2) is 5.78 Å². The summed E-state index contributed by atoms with van der Waals surface area (Å²) in [7, 11) is 3.81. The average molecular weight is 191 g/mol. The second kappa shape index (κ2) is 4.38. The maximum atomic E-state index is 11.8. The van der Waals surface area contributed by atoms with Gasteiger partial charge < -0.3 is 4.90 Å². The van der Waals surface area contributed by atoms with E-state index in [2.05, 4.69) is 0 Å². The van der Waals surface area contributed by atoms with Gasteiger partial charge in [-0.3, -0.25) is 4.79 Å². The molecule has 0 fully saturated rings. The van der Waals surface area contributed by atoms with E-state index < -0.39 is 0 Å². The van der Waals surface area contributed by atoms with Crippen molar-refractivity contribution in [2.24, 2.45) is 0 Å². The standard InChI is InChI=1S/C12H17NO/c1-9-6-5-7-11(10(9)2)12(14)8-13(3)4/h5-7H,8H2,1-4H3. The van der Waals surface area contributed by atoms with E-state index in [-0.39, 0.29) is 5.78 Å². The number of aryl methyl sites for hydroxylation is 1. The first-order valence-corrected chi connectivity index (χ1v) is 4.76. The largest absolute Gasteiger partial charge is 0.302 e. The average Bonchev–Trinajstić information content (AvgIpc) is 2.08. The molecular weight excluding hydrogens is 174 g/mol. The lowest BCUT2D eigenvalue weighted by atomic mass is 10.0. The number of carbonyl (C=O) groups excluding carboxylic acids is 1. The zero-order chi connectivity index (χ0) is 10.7. The summed E-state index contributed by atoms with van der Waals surface area (Å²) >= 11 is 0. The van der Waals surface area contributed by atoms with Gasteiger partial charge in [-0.25, -0.2) is 0 Å². The molecule has 0 unspecified atom stereocenters. The molecule has 0 N–H and O–H groups in total. The van der Waals surface area contributed by atoms with Crippen LogP contribution in [-0.2, 0) is 0 Å². The molecule has 2 nitrogen and oxygen atoms in total. The van der Waals surface area contributed by atoms with Gasteiger partial charge in [-0.1, -0.05) is 18.2 Å². The van der Waals surface area contributed by atoms with E-state index in [1.807, 2.05) is 51.0 Å². The maximum absolute atomic E-state index is 11.8. The molecule has 2 heteroatoms. The Morgan fingerprint density at radius 1 is 1.29 bits per heavy atom. The summed E-state index contributed by atoms with van der Waals surface area (Å²) in [5.74, 6) is 0.191. The minimum Gasteiger partial charge on any atom is -0.302 e. The molecule has 0 radical (unpaired) electrons. The summed E-state index contributed by atoms with van der Waals surface area (Å²) in [6.07, 6.45) is 0.